The van der Waals surface area contributed by atoms with Gasteiger partial charge in [-0.15, -0.1) is 0 Å². The number of rotatable bonds is 5. The van der Waals surface area contributed by atoms with Crippen LogP contribution in [0.25, 0.3) is 0 Å². The third-order valence-corrected chi connectivity index (χ3v) is 4.11. The molecule has 128 valence electrons. The standard InChI is InChI=1S/C19H17ClFN3O/c1-2-13-3-7-15(8-4-13)19(25)22-18-17(20)12-24(23-18)11-14-5-9-16(21)10-6-14/h3-10,12H,2,11H2,1H3,(H,22,23,25). The molecule has 0 aliphatic carbocycles. The first-order valence-electron chi connectivity index (χ1n) is 7.93. The number of nitrogens with zero attached hydrogens (tertiary/aromatic N) is 2. The summed E-state index contributed by atoms with van der Waals surface area (Å²) in [6.07, 6.45) is 2.54. The van der Waals surface area contributed by atoms with Gasteiger partial charge in [0.25, 0.3) is 5.91 Å². The summed E-state index contributed by atoms with van der Waals surface area (Å²) < 4.78 is 14.6. The Hall–Kier alpha value is -2.66. The lowest BCUT2D eigenvalue weighted by Gasteiger charge is -2.04. The Labute approximate surface area is 150 Å². The average molecular weight is 358 g/mol. The molecule has 0 bridgehead atoms. The summed E-state index contributed by atoms with van der Waals surface area (Å²) in [5, 5.41) is 7.35. The number of anilines is 1. The first-order chi connectivity index (χ1) is 12.0. The summed E-state index contributed by atoms with van der Waals surface area (Å²) >= 11 is 6.16. The summed E-state index contributed by atoms with van der Waals surface area (Å²) in [5.74, 6) is -0.255. The van der Waals surface area contributed by atoms with Gasteiger partial charge in [0.2, 0.25) is 0 Å². The fourth-order valence-corrected chi connectivity index (χ4v) is 2.61. The minimum atomic E-state index is -0.288. The molecule has 4 nitrogen and oxygen atoms in total. The lowest BCUT2D eigenvalue weighted by Crippen LogP contribution is -2.13. The van der Waals surface area contributed by atoms with Gasteiger partial charge < -0.3 is 5.32 Å². The lowest BCUT2D eigenvalue weighted by atomic mass is 10.1. The van der Waals surface area contributed by atoms with Gasteiger partial charge in [0.05, 0.1) is 6.54 Å². The topological polar surface area (TPSA) is 46.9 Å². The molecule has 0 aliphatic heterocycles. The van der Waals surface area contributed by atoms with E-state index in [0.717, 1.165) is 17.5 Å². The smallest absolute Gasteiger partial charge is 0.256 e. The van der Waals surface area contributed by atoms with E-state index in [1.807, 2.05) is 12.1 Å². The largest absolute Gasteiger partial charge is 0.304 e. The Balaban J connectivity index is 1.71. The number of carbonyl (C=O) groups is 1. The second-order valence-corrected chi connectivity index (χ2v) is 6.06. The molecule has 0 saturated heterocycles. The van der Waals surface area contributed by atoms with Crippen LogP contribution in [0.3, 0.4) is 0 Å². The molecule has 25 heavy (non-hydrogen) atoms. The van der Waals surface area contributed by atoms with Gasteiger partial charge in [-0.1, -0.05) is 42.8 Å². The Morgan fingerprint density at radius 1 is 1.12 bits per heavy atom. The number of benzene rings is 2. The molecule has 1 heterocycles. The highest BCUT2D eigenvalue weighted by Gasteiger charge is 2.12. The highest BCUT2D eigenvalue weighted by Crippen LogP contribution is 2.21. The summed E-state index contributed by atoms with van der Waals surface area (Å²) in [6, 6.07) is 13.5. The minimum Gasteiger partial charge on any atom is -0.304 e. The predicted octanol–water partition coefficient (Wildman–Crippen LogP) is 4.54. The zero-order valence-corrected chi connectivity index (χ0v) is 14.4. The third-order valence-electron chi connectivity index (χ3n) is 3.83. The molecule has 0 aliphatic rings. The van der Waals surface area contributed by atoms with Crippen molar-refractivity contribution >= 4 is 23.3 Å². The van der Waals surface area contributed by atoms with Gasteiger partial charge in [0, 0.05) is 11.8 Å². The van der Waals surface area contributed by atoms with E-state index < -0.39 is 0 Å². The van der Waals surface area contributed by atoms with Crippen molar-refractivity contribution in [1.29, 1.82) is 0 Å². The zero-order chi connectivity index (χ0) is 17.8. The molecule has 0 fully saturated rings. The van der Waals surface area contributed by atoms with Crippen LogP contribution < -0.4 is 5.32 Å². The van der Waals surface area contributed by atoms with Crippen LogP contribution in [-0.2, 0) is 13.0 Å². The second kappa shape index (κ2) is 7.49. The molecular weight excluding hydrogens is 341 g/mol. The van der Waals surface area contributed by atoms with Crippen LogP contribution in [0.1, 0.15) is 28.4 Å². The van der Waals surface area contributed by atoms with E-state index in [2.05, 4.69) is 17.3 Å². The molecule has 0 unspecified atom stereocenters. The van der Waals surface area contributed by atoms with Crippen molar-refractivity contribution < 1.29 is 9.18 Å². The van der Waals surface area contributed by atoms with Gasteiger partial charge in [-0.25, -0.2) is 4.39 Å². The van der Waals surface area contributed by atoms with Crippen LogP contribution in [0.5, 0.6) is 0 Å². The van der Waals surface area contributed by atoms with Crippen LogP contribution >= 0.6 is 11.6 Å². The number of aryl methyl sites for hydroxylation is 1. The maximum absolute atomic E-state index is 13.0. The molecule has 1 N–H and O–H groups in total. The van der Waals surface area contributed by atoms with Crippen LogP contribution in [0.2, 0.25) is 5.02 Å². The molecule has 6 heteroatoms. The Kier molecular flexibility index (Phi) is 5.14. The first kappa shape index (κ1) is 17.2. The first-order valence-corrected chi connectivity index (χ1v) is 8.30. The van der Waals surface area contributed by atoms with Crippen molar-refractivity contribution in [2.24, 2.45) is 0 Å². The number of hydrogen-bond acceptors (Lipinski definition) is 2. The number of hydrogen-bond donors (Lipinski definition) is 1. The molecule has 0 saturated carbocycles. The van der Waals surface area contributed by atoms with Gasteiger partial charge in [-0.3, -0.25) is 9.48 Å². The number of nitrogens with one attached hydrogen (secondary N) is 1. The van der Waals surface area contributed by atoms with Crippen molar-refractivity contribution in [3.63, 3.8) is 0 Å². The zero-order valence-electron chi connectivity index (χ0n) is 13.7. The summed E-state index contributed by atoms with van der Waals surface area (Å²) in [7, 11) is 0. The highest BCUT2D eigenvalue weighted by molar-refractivity contribution is 6.33. The lowest BCUT2D eigenvalue weighted by molar-refractivity contribution is 0.102. The summed E-state index contributed by atoms with van der Waals surface area (Å²) in [4.78, 5) is 12.3. The molecule has 0 spiro atoms. The average Bonchev–Trinajstić information content (AvgIpc) is 2.96. The molecule has 2 aromatic carbocycles. The maximum Gasteiger partial charge on any atom is 0.256 e. The molecule has 0 atom stereocenters. The number of aromatic nitrogens is 2. The van der Waals surface area contributed by atoms with Gasteiger partial charge in [-0.2, -0.15) is 5.10 Å². The minimum absolute atomic E-state index is 0.267. The van der Waals surface area contributed by atoms with E-state index in [-0.39, 0.29) is 11.7 Å². The van der Waals surface area contributed by atoms with E-state index in [1.54, 1.807) is 35.1 Å². The van der Waals surface area contributed by atoms with Crippen LogP contribution in [0.4, 0.5) is 10.2 Å². The van der Waals surface area contributed by atoms with Gasteiger partial charge in [0.1, 0.15) is 10.8 Å². The number of halogens is 2. The predicted molar refractivity (Wildman–Crippen MR) is 96.5 cm³/mol. The molecule has 1 amide bonds. The molecule has 1 aromatic heterocycles. The van der Waals surface area contributed by atoms with Crippen molar-refractivity contribution in [3.8, 4) is 0 Å². The van der Waals surface area contributed by atoms with Gasteiger partial charge >= 0.3 is 0 Å². The third kappa shape index (κ3) is 4.25. The van der Waals surface area contributed by atoms with Crippen molar-refractivity contribution in [2.45, 2.75) is 19.9 Å². The van der Waals surface area contributed by atoms with Crippen LogP contribution in [-0.4, -0.2) is 15.7 Å². The quantitative estimate of drug-likeness (QED) is 0.728. The molecular formula is C19H17ClFN3O. The summed E-state index contributed by atoms with van der Waals surface area (Å²) in [5.41, 5.74) is 2.59. The summed E-state index contributed by atoms with van der Waals surface area (Å²) in [6.45, 7) is 2.49. The number of carbonyl (C=O) groups excluding carboxylic acids is 1. The Bertz CT molecular complexity index is 873. The highest BCUT2D eigenvalue weighted by atomic mass is 35.5. The Morgan fingerprint density at radius 3 is 2.40 bits per heavy atom. The van der Waals surface area contributed by atoms with E-state index in [1.165, 1.54) is 12.1 Å². The SMILES string of the molecule is CCc1ccc(C(=O)Nc2nn(Cc3ccc(F)cc3)cc2Cl)cc1. The second-order valence-electron chi connectivity index (χ2n) is 5.65. The fraction of sp³-hybridized carbons (Fsp3) is 0.158. The van der Waals surface area contributed by atoms with E-state index in [9.17, 15) is 9.18 Å². The van der Waals surface area contributed by atoms with Gasteiger partial charge in [0.15, 0.2) is 5.82 Å². The molecule has 3 aromatic rings. The van der Waals surface area contributed by atoms with Crippen molar-refractivity contribution in [3.05, 3.63) is 82.3 Å². The maximum atomic E-state index is 13.0. The molecule has 0 radical (unpaired) electrons. The van der Waals surface area contributed by atoms with E-state index >= 15 is 0 Å². The molecule has 3 rings (SSSR count). The van der Waals surface area contributed by atoms with Crippen LogP contribution in [0, 0.1) is 5.82 Å². The van der Waals surface area contributed by atoms with Crippen molar-refractivity contribution in [2.75, 3.05) is 5.32 Å². The van der Waals surface area contributed by atoms with E-state index in [4.69, 9.17) is 11.6 Å². The fourth-order valence-electron chi connectivity index (χ4n) is 2.41. The normalized spacial score (nSPS) is 10.7. The van der Waals surface area contributed by atoms with Crippen LogP contribution in [0.15, 0.2) is 54.7 Å². The van der Waals surface area contributed by atoms with Gasteiger partial charge in [-0.05, 0) is 41.8 Å². The Morgan fingerprint density at radius 2 is 1.76 bits per heavy atom. The van der Waals surface area contributed by atoms with E-state index in [0.29, 0.717) is 22.9 Å². The monoisotopic (exact) mass is 357 g/mol. The van der Waals surface area contributed by atoms with Crippen molar-refractivity contribution in [1.82, 2.24) is 9.78 Å². The number of amides is 1.